The van der Waals surface area contributed by atoms with Crippen LogP contribution in [0.1, 0.15) is 48.4 Å². The van der Waals surface area contributed by atoms with Gasteiger partial charge in [-0.1, -0.05) is 99.4 Å². The Hall–Kier alpha value is -5.98. The van der Waals surface area contributed by atoms with Crippen LogP contribution in [-0.2, 0) is 23.4 Å². The predicted molar refractivity (Wildman–Crippen MR) is 205 cm³/mol. The Morgan fingerprint density at radius 2 is 1.29 bits per heavy atom. The molecule has 0 fully saturated rings. The molecule has 1 heterocycles. The van der Waals surface area contributed by atoms with Crippen molar-refractivity contribution in [2.24, 2.45) is 0 Å². The molecule has 4 aromatic rings. The molecule has 0 N–H and O–H groups in total. The molecule has 5 rings (SSSR count). The second-order valence-corrected chi connectivity index (χ2v) is 17.6. The maximum absolute atomic E-state index is 13.7. The van der Waals surface area contributed by atoms with Gasteiger partial charge in [0.15, 0.2) is 19.0 Å². The molecule has 0 spiro atoms. The molecule has 0 unspecified atom stereocenters. The topological polar surface area (TPSA) is 167 Å². The molecule has 1 aliphatic heterocycles. The van der Waals surface area contributed by atoms with Crippen molar-refractivity contribution in [1.29, 1.82) is 0 Å². The van der Waals surface area contributed by atoms with E-state index < -0.39 is 66.3 Å². The van der Waals surface area contributed by atoms with Gasteiger partial charge in [0, 0.05) is 30.9 Å². The van der Waals surface area contributed by atoms with Crippen LogP contribution in [-0.4, -0.2) is 67.9 Å². The van der Waals surface area contributed by atoms with E-state index in [0.29, 0.717) is 6.61 Å². The molecule has 0 aromatic heterocycles. The van der Waals surface area contributed by atoms with E-state index in [-0.39, 0.29) is 22.5 Å². The number of esters is 2. The van der Waals surface area contributed by atoms with E-state index in [1.807, 2.05) is 73.7 Å². The van der Waals surface area contributed by atoms with Gasteiger partial charge < -0.3 is 23.4 Å². The minimum absolute atomic E-state index is 0.0270. The maximum Gasteiger partial charge on any atom is 0.339 e. The van der Waals surface area contributed by atoms with Crippen molar-refractivity contribution in [1.82, 2.24) is 0 Å². The van der Waals surface area contributed by atoms with E-state index in [1.165, 1.54) is 48.5 Å². The zero-order chi connectivity index (χ0) is 39.6. The standard InChI is InChI=1S/C41H40N2O11Si/c1-5-50-37-27-26-36(54-55(41(2,3)4,33-13-8-6-9-14-33)34-15-10-7-11-16-34)38(53-37)35(52-40(45)30-20-24-32(25-21-30)43(48)49)17-12-28-51-39(44)29-18-22-31(23-19-29)42(46)47/h6-11,13-16,18-27,35-38H,5,28H2,1-4H3/t35-,36-,37-,38+/m0/s1. The number of nitrogens with zero attached hydrogens (tertiary/aromatic N) is 2. The first kappa shape index (κ1) is 40.2. The molecule has 14 heteroatoms. The van der Waals surface area contributed by atoms with Gasteiger partial charge in [-0.2, -0.15) is 0 Å². The zero-order valence-electron chi connectivity index (χ0n) is 30.7. The minimum Gasteiger partial charge on any atom is -0.449 e. The van der Waals surface area contributed by atoms with Crippen LogP contribution < -0.4 is 10.4 Å². The van der Waals surface area contributed by atoms with Crippen molar-refractivity contribution >= 4 is 42.0 Å². The Morgan fingerprint density at radius 3 is 1.76 bits per heavy atom. The van der Waals surface area contributed by atoms with Gasteiger partial charge >= 0.3 is 11.9 Å². The number of nitro groups is 2. The van der Waals surface area contributed by atoms with Gasteiger partial charge in [-0.25, -0.2) is 9.59 Å². The monoisotopic (exact) mass is 764 g/mol. The molecule has 4 aromatic carbocycles. The molecule has 55 heavy (non-hydrogen) atoms. The minimum atomic E-state index is -3.22. The smallest absolute Gasteiger partial charge is 0.339 e. The number of carbonyl (C=O) groups is 2. The lowest BCUT2D eigenvalue weighted by Gasteiger charge is -2.47. The third kappa shape index (κ3) is 9.58. The quantitative estimate of drug-likeness (QED) is 0.0383. The van der Waals surface area contributed by atoms with E-state index in [0.717, 1.165) is 10.4 Å². The number of hydrogen-bond donors (Lipinski definition) is 0. The second-order valence-electron chi connectivity index (χ2n) is 13.4. The average Bonchev–Trinajstić information content (AvgIpc) is 3.18. The van der Waals surface area contributed by atoms with Crippen molar-refractivity contribution in [3.63, 3.8) is 0 Å². The fourth-order valence-electron chi connectivity index (χ4n) is 6.22. The van der Waals surface area contributed by atoms with Crippen molar-refractivity contribution in [2.45, 2.75) is 57.3 Å². The maximum atomic E-state index is 13.7. The summed E-state index contributed by atoms with van der Waals surface area (Å²) >= 11 is 0. The second kappa shape index (κ2) is 17.9. The van der Waals surface area contributed by atoms with Crippen molar-refractivity contribution in [2.75, 3.05) is 13.2 Å². The summed E-state index contributed by atoms with van der Waals surface area (Å²) in [6.45, 7) is 8.04. The van der Waals surface area contributed by atoms with Gasteiger partial charge in [0.05, 0.1) is 27.1 Å². The molecular formula is C41H40N2O11Si. The van der Waals surface area contributed by atoms with E-state index in [2.05, 4.69) is 32.6 Å². The first-order chi connectivity index (χ1) is 26.3. The number of carbonyl (C=O) groups excluding carboxylic acids is 2. The van der Waals surface area contributed by atoms with Gasteiger partial charge in [0.25, 0.3) is 19.7 Å². The molecule has 13 nitrogen and oxygen atoms in total. The Balaban J connectivity index is 1.54. The lowest BCUT2D eigenvalue weighted by molar-refractivity contribution is -0.385. The molecule has 0 bridgehead atoms. The lowest BCUT2D eigenvalue weighted by atomic mass is 10.0. The van der Waals surface area contributed by atoms with Crippen LogP contribution in [0.5, 0.6) is 0 Å². The summed E-state index contributed by atoms with van der Waals surface area (Å²) in [4.78, 5) is 47.5. The molecule has 4 atom stereocenters. The molecule has 0 saturated heterocycles. The summed E-state index contributed by atoms with van der Waals surface area (Å²) in [6, 6.07) is 29.7. The van der Waals surface area contributed by atoms with Crippen LogP contribution in [0, 0.1) is 32.1 Å². The summed E-state index contributed by atoms with van der Waals surface area (Å²) in [5, 5.41) is 23.8. The Bertz CT molecular complexity index is 2020. The highest BCUT2D eigenvalue weighted by Gasteiger charge is 2.53. The van der Waals surface area contributed by atoms with Crippen molar-refractivity contribution in [3.05, 3.63) is 153 Å². The highest BCUT2D eigenvalue weighted by Crippen LogP contribution is 2.39. The number of non-ortho nitro benzene ring substituents is 2. The highest BCUT2D eigenvalue weighted by molar-refractivity contribution is 6.99. The summed E-state index contributed by atoms with van der Waals surface area (Å²) in [6.07, 6.45) is -0.570. The van der Waals surface area contributed by atoms with E-state index >= 15 is 0 Å². The average molecular weight is 765 g/mol. The predicted octanol–water partition coefficient (Wildman–Crippen LogP) is 6.15. The zero-order valence-corrected chi connectivity index (χ0v) is 31.7. The van der Waals surface area contributed by atoms with Gasteiger partial charge in [-0.3, -0.25) is 20.2 Å². The van der Waals surface area contributed by atoms with Crippen LogP contribution >= 0.6 is 0 Å². The molecule has 0 radical (unpaired) electrons. The number of hydrogen-bond acceptors (Lipinski definition) is 11. The van der Waals surface area contributed by atoms with Gasteiger partial charge in [-0.05, 0) is 52.7 Å². The largest absolute Gasteiger partial charge is 0.449 e. The summed E-state index contributed by atoms with van der Waals surface area (Å²) in [5.41, 5.74) is -0.288. The van der Waals surface area contributed by atoms with E-state index in [4.69, 9.17) is 23.4 Å². The first-order valence-corrected chi connectivity index (χ1v) is 19.3. The molecule has 0 saturated carbocycles. The summed E-state index contributed by atoms with van der Waals surface area (Å²) in [7, 11) is -3.22. The van der Waals surface area contributed by atoms with Crippen LogP contribution in [0.3, 0.4) is 0 Å². The summed E-state index contributed by atoms with van der Waals surface area (Å²) < 4.78 is 31.0. The van der Waals surface area contributed by atoms with Crippen LogP contribution in [0.15, 0.2) is 121 Å². The lowest BCUT2D eigenvalue weighted by Crippen LogP contribution is -2.69. The SMILES string of the molecule is CCO[C@@H]1C=C[C@H](O[Si](c2ccccc2)(c2ccccc2)C(C)(C)C)[C@@H]([C@H](C#CCOC(=O)c2ccc([N+](=O)[O-])cc2)OC(=O)c2ccc([N+](=O)[O-])cc2)O1. The molecule has 0 amide bonds. The third-order valence-electron chi connectivity index (χ3n) is 8.81. The van der Waals surface area contributed by atoms with E-state index in [9.17, 15) is 29.8 Å². The Labute approximate surface area is 319 Å². The number of rotatable bonds is 13. The normalized spacial score (nSPS) is 17.3. The Morgan fingerprint density at radius 1 is 0.782 bits per heavy atom. The van der Waals surface area contributed by atoms with Crippen LogP contribution in [0.4, 0.5) is 11.4 Å². The van der Waals surface area contributed by atoms with Gasteiger partial charge in [-0.15, -0.1) is 0 Å². The van der Waals surface area contributed by atoms with Crippen molar-refractivity contribution in [3.8, 4) is 11.8 Å². The van der Waals surface area contributed by atoms with E-state index in [1.54, 1.807) is 6.08 Å². The summed E-state index contributed by atoms with van der Waals surface area (Å²) in [5.74, 6) is 4.05. The number of ether oxygens (including phenoxy) is 4. The number of nitro benzene ring substituents is 2. The van der Waals surface area contributed by atoms with Gasteiger partial charge in [0.1, 0.15) is 6.10 Å². The Kier molecular flexibility index (Phi) is 13.1. The fraction of sp³-hybridized carbons (Fsp3) is 0.268. The molecule has 1 aliphatic rings. The number of benzene rings is 4. The highest BCUT2D eigenvalue weighted by atomic mass is 28.4. The fourth-order valence-corrected chi connectivity index (χ4v) is 10.9. The van der Waals surface area contributed by atoms with Crippen LogP contribution in [0.2, 0.25) is 5.04 Å². The first-order valence-electron chi connectivity index (χ1n) is 17.4. The van der Waals surface area contributed by atoms with Crippen molar-refractivity contribution < 1.29 is 42.8 Å². The molecule has 0 aliphatic carbocycles. The molecule has 284 valence electrons. The van der Waals surface area contributed by atoms with Crippen LogP contribution in [0.25, 0.3) is 0 Å². The van der Waals surface area contributed by atoms with Gasteiger partial charge in [0.2, 0.25) is 0 Å². The third-order valence-corrected chi connectivity index (χ3v) is 13.8. The molecular weight excluding hydrogens is 725 g/mol.